The lowest BCUT2D eigenvalue weighted by Crippen LogP contribution is -2.47. The predicted octanol–water partition coefficient (Wildman–Crippen LogP) is 0.992. The normalized spacial score (nSPS) is 26.0. The largest absolute Gasteiger partial charge is 0.454 e. The van der Waals surface area contributed by atoms with E-state index >= 15 is 0 Å². The molecule has 0 fully saturated rings. The van der Waals surface area contributed by atoms with Crippen molar-refractivity contribution in [3.05, 3.63) is 23.8 Å². The van der Waals surface area contributed by atoms with Crippen LogP contribution in [-0.4, -0.2) is 30.3 Å². The van der Waals surface area contributed by atoms with Crippen molar-refractivity contribution in [2.24, 2.45) is 15.9 Å². The van der Waals surface area contributed by atoms with Crippen molar-refractivity contribution in [3.63, 3.8) is 0 Å². The second-order valence-corrected chi connectivity index (χ2v) is 5.45. The average molecular weight is 299 g/mol. The molecule has 1 aromatic carbocycles. The van der Waals surface area contributed by atoms with E-state index < -0.39 is 5.92 Å². The van der Waals surface area contributed by atoms with Crippen LogP contribution in [0.3, 0.4) is 0 Å². The summed E-state index contributed by atoms with van der Waals surface area (Å²) in [6.07, 6.45) is 0.176. The third kappa shape index (κ3) is 1.97. The summed E-state index contributed by atoms with van der Waals surface area (Å²) < 4.78 is 10.7. The monoisotopic (exact) mass is 299 g/mol. The number of carbonyl (C=O) groups is 2. The highest BCUT2D eigenvalue weighted by atomic mass is 16.7. The molecule has 2 unspecified atom stereocenters. The van der Waals surface area contributed by atoms with E-state index in [1.165, 1.54) is 0 Å². The number of rotatable bonds is 1. The van der Waals surface area contributed by atoms with Gasteiger partial charge in [-0.15, -0.1) is 0 Å². The standard InChI is InChI=1S/C15H13N3O4/c1-7-16-14-13(15(20)17-7)9(5-12(19)18-14)8-2-3-10-11(4-8)22-6-21-10/h2-4,9,13H,5-6H2,1H3,(H,16,17,18,19,20). The maximum atomic E-state index is 12.3. The predicted molar refractivity (Wildman–Crippen MR) is 77.1 cm³/mol. The van der Waals surface area contributed by atoms with Crippen LogP contribution in [0.25, 0.3) is 0 Å². The molecule has 0 bridgehead atoms. The minimum atomic E-state index is -0.554. The van der Waals surface area contributed by atoms with Gasteiger partial charge >= 0.3 is 0 Å². The van der Waals surface area contributed by atoms with Crippen LogP contribution in [0.1, 0.15) is 24.8 Å². The Morgan fingerprint density at radius 3 is 2.86 bits per heavy atom. The summed E-state index contributed by atoms with van der Waals surface area (Å²) in [5.74, 6) is 0.751. The number of carbonyl (C=O) groups excluding carboxylic acids is 2. The first-order valence-electron chi connectivity index (χ1n) is 6.99. The van der Waals surface area contributed by atoms with E-state index in [1.807, 2.05) is 12.1 Å². The molecule has 0 saturated heterocycles. The van der Waals surface area contributed by atoms with Crippen molar-refractivity contribution < 1.29 is 19.1 Å². The van der Waals surface area contributed by atoms with Crippen molar-refractivity contribution >= 4 is 23.5 Å². The SMILES string of the molecule is CC1=NC2=NC(=O)CC(c3ccc4c(c3)OCO4)C2C(=O)N1. The minimum Gasteiger partial charge on any atom is -0.454 e. The zero-order valence-corrected chi connectivity index (χ0v) is 11.8. The van der Waals surface area contributed by atoms with Gasteiger partial charge < -0.3 is 14.8 Å². The molecule has 3 aliphatic heterocycles. The molecule has 22 heavy (non-hydrogen) atoms. The molecule has 7 nitrogen and oxygen atoms in total. The number of nitrogens with zero attached hydrogens (tertiary/aromatic N) is 2. The third-order valence-electron chi connectivity index (χ3n) is 4.01. The molecule has 4 rings (SSSR count). The van der Waals surface area contributed by atoms with Gasteiger partial charge in [0.1, 0.15) is 17.6 Å². The lowest BCUT2D eigenvalue weighted by Gasteiger charge is -2.31. The minimum absolute atomic E-state index is 0.176. The van der Waals surface area contributed by atoms with E-state index in [2.05, 4.69) is 15.3 Å². The van der Waals surface area contributed by atoms with Crippen LogP contribution in [0.4, 0.5) is 0 Å². The van der Waals surface area contributed by atoms with Gasteiger partial charge in [0.05, 0.1) is 0 Å². The fraction of sp³-hybridized carbons (Fsp3) is 0.333. The summed E-state index contributed by atoms with van der Waals surface area (Å²) in [6, 6.07) is 5.47. The molecule has 0 saturated carbocycles. The van der Waals surface area contributed by atoms with Crippen LogP contribution < -0.4 is 14.8 Å². The molecular formula is C15H13N3O4. The first kappa shape index (κ1) is 13.0. The summed E-state index contributed by atoms with van der Waals surface area (Å²) in [4.78, 5) is 32.4. The highest BCUT2D eigenvalue weighted by Gasteiger charge is 2.41. The number of fused-ring (bicyclic) bond motifs is 2. The van der Waals surface area contributed by atoms with Crippen molar-refractivity contribution in [2.45, 2.75) is 19.3 Å². The summed E-state index contributed by atoms with van der Waals surface area (Å²) in [6.45, 7) is 1.85. The Kier molecular flexibility index (Phi) is 2.75. The molecule has 112 valence electrons. The highest BCUT2D eigenvalue weighted by molar-refractivity contribution is 6.20. The fourth-order valence-corrected chi connectivity index (χ4v) is 3.03. The van der Waals surface area contributed by atoms with Gasteiger partial charge in [-0.25, -0.2) is 4.99 Å². The molecule has 3 heterocycles. The van der Waals surface area contributed by atoms with Crippen molar-refractivity contribution in [1.29, 1.82) is 0 Å². The maximum absolute atomic E-state index is 12.3. The summed E-state index contributed by atoms with van der Waals surface area (Å²) >= 11 is 0. The first-order valence-corrected chi connectivity index (χ1v) is 6.99. The number of hydrogen-bond acceptors (Lipinski definition) is 5. The van der Waals surface area contributed by atoms with Gasteiger partial charge in [0.2, 0.25) is 18.6 Å². The van der Waals surface area contributed by atoms with Gasteiger partial charge in [-0.05, 0) is 24.6 Å². The van der Waals surface area contributed by atoms with Gasteiger partial charge in [0.25, 0.3) is 0 Å². The zero-order chi connectivity index (χ0) is 15.3. The number of amidine groups is 2. The third-order valence-corrected chi connectivity index (χ3v) is 4.01. The Labute approximate surface area is 126 Å². The summed E-state index contributed by atoms with van der Waals surface area (Å²) in [5.41, 5.74) is 0.847. The highest BCUT2D eigenvalue weighted by Crippen LogP contribution is 2.40. The van der Waals surface area contributed by atoms with Crippen LogP contribution in [0.5, 0.6) is 11.5 Å². The maximum Gasteiger partial charge on any atom is 0.248 e. The van der Waals surface area contributed by atoms with E-state index in [4.69, 9.17) is 9.47 Å². The van der Waals surface area contributed by atoms with Gasteiger partial charge in [0, 0.05) is 12.3 Å². The Morgan fingerprint density at radius 1 is 1.18 bits per heavy atom. The molecule has 0 aliphatic carbocycles. The molecule has 1 aromatic rings. The lowest BCUT2D eigenvalue weighted by atomic mass is 9.79. The number of hydrogen-bond donors (Lipinski definition) is 1. The van der Waals surface area contributed by atoms with Gasteiger partial charge in [-0.1, -0.05) is 6.07 Å². The molecule has 1 N–H and O–H groups in total. The molecule has 2 atom stereocenters. The topological polar surface area (TPSA) is 89.3 Å². The van der Waals surface area contributed by atoms with E-state index in [0.717, 1.165) is 5.56 Å². The fourth-order valence-electron chi connectivity index (χ4n) is 3.03. The van der Waals surface area contributed by atoms with Crippen LogP contribution in [0.2, 0.25) is 0 Å². The lowest BCUT2D eigenvalue weighted by molar-refractivity contribution is -0.123. The summed E-state index contributed by atoms with van der Waals surface area (Å²) in [7, 11) is 0. The van der Waals surface area contributed by atoms with E-state index in [-0.39, 0.29) is 30.9 Å². The van der Waals surface area contributed by atoms with E-state index in [0.29, 0.717) is 23.2 Å². The quantitative estimate of drug-likeness (QED) is 0.837. The molecule has 7 heteroatoms. The Bertz CT molecular complexity index is 753. The van der Waals surface area contributed by atoms with Gasteiger partial charge in [0.15, 0.2) is 11.5 Å². The van der Waals surface area contributed by atoms with Gasteiger partial charge in [-0.2, -0.15) is 4.99 Å². The Hall–Kier alpha value is -2.70. The smallest absolute Gasteiger partial charge is 0.248 e. The number of benzene rings is 1. The van der Waals surface area contributed by atoms with Crippen molar-refractivity contribution in [1.82, 2.24) is 5.32 Å². The van der Waals surface area contributed by atoms with Crippen LogP contribution in [0.15, 0.2) is 28.2 Å². The van der Waals surface area contributed by atoms with E-state index in [1.54, 1.807) is 13.0 Å². The van der Waals surface area contributed by atoms with Crippen molar-refractivity contribution in [2.75, 3.05) is 6.79 Å². The number of ether oxygens (including phenoxy) is 2. The molecule has 0 radical (unpaired) electrons. The molecule has 0 spiro atoms. The van der Waals surface area contributed by atoms with Crippen LogP contribution >= 0.6 is 0 Å². The molecule has 2 amide bonds. The first-order chi connectivity index (χ1) is 10.6. The van der Waals surface area contributed by atoms with E-state index in [9.17, 15) is 9.59 Å². The molecule has 0 aromatic heterocycles. The van der Waals surface area contributed by atoms with Crippen LogP contribution in [-0.2, 0) is 9.59 Å². The van der Waals surface area contributed by atoms with Crippen LogP contribution in [0, 0.1) is 5.92 Å². The average Bonchev–Trinajstić information content (AvgIpc) is 2.92. The summed E-state index contributed by atoms with van der Waals surface area (Å²) in [5, 5.41) is 2.71. The Balaban J connectivity index is 1.77. The zero-order valence-electron chi connectivity index (χ0n) is 11.8. The second kappa shape index (κ2) is 4.66. The Morgan fingerprint density at radius 2 is 2.00 bits per heavy atom. The second-order valence-electron chi connectivity index (χ2n) is 5.45. The van der Waals surface area contributed by atoms with Gasteiger partial charge in [-0.3, -0.25) is 9.59 Å². The number of aliphatic imine (C=N–C) groups is 2. The molecule has 3 aliphatic rings. The number of amides is 2. The molecular weight excluding hydrogens is 286 g/mol. The number of nitrogens with one attached hydrogen (secondary N) is 1. The van der Waals surface area contributed by atoms with Crippen molar-refractivity contribution in [3.8, 4) is 11.5 Å².